The number of hydrogen-bond acceptors (Lipinski definition) is 1. The molecule has 1 heterocycles. The van der Waals surface area contributed by atoms with E-state index in [1.165, 1.54) is 44.6 Å². The number of carbonyl (C=O) groups excluding carboxylic acids is 1. The fourth-order valence-electron chi connectivity index (χ4n) is 3.21. The monoisotopic (exact) mass is 221 g/mol. The Morgan fingerprint density at radius 1 is 1.25 bits per heavy atom. The lowest BCUT2D eigenvalue weighted by Crippen LogP contribution is -2.43. The SMILES string of the molecule is C=CC(=O)N1CCC2(CCC(C)CC2)CC1. The molecule has 2 fully saturated rings. The number of nitrogens with zero attached hydrogens (tertiary/aromatic N) is 1. The Hall–Kier alpha value is -0.790. The molecule has 0 unspecified atom stereocenters. The Morgan fingerprint density at radius 3 is 2.31 bits per heavy atom. The molecular weight excluding hydrogens is 198 g/mol. The zero-order chi connectivity index (χ0) is 11.6. The summed E-state index contributed by atoms with van der Waals surface area (Å²) < 4.78 is 0. The minimum Gasteiger partial charge on any atom is -0.339 e. The summed E-state index contributed by atoms with van der Waals surface area (Å²) in [7, 11) is 0. The Morgan fingerprint density at radius 2 is 1.81 bits per heavy atom. The zero-order valence-corrected chi connectivity index (χ0v) is 10.4. The average Bonchev–Trinajstić information content (AvgIpc) is 2.33. The molecule has 0 aromatic carbocycles. The van der Waals surface area contributed by atoms with Crippen LogP contribution in [0.5, 0.6) is 0 Å². The van der Waals surface area contributed by atoms with Crippen LogP contribution in [-0.4, -0.2) is 23.9 Å². The van der Waals surface area contributed by atoms with E-state index in [4.69, 9.17) is 0 Å². The molecule has 0 bridgehead atoms. The smallest absolute Gasteiger partial charge is 0.245 e. The van der Waals surface area contributed by atoms with Crippen molar-refractivity contribution in [2.45, 2.75) is 45.4 Å². The molecule has 0 aromatic heterocycles. The number of likely N-dealkylation sites (tertiary alicyclic amines) is 1. The van der Waals surface area contributed by atoms with Gasteiger partial charge in [-0.05, 0) is 43.1 Å². The van der Waals surface area contributed by atoms with Crippen LogP contribution in [0.1, 0.15) is 45.4 Å². The summed E-state index contributed by atoms with van der Waals surface area (Å²) in [4.78, 5) is 13.5. The van der Waals surface area contributed by atoms with E-state index in [0.29, 0.717) is 5.41 Å². The van der Waals surface area contributed by atoms with Crippen molar-refractivity contribution in [1.29, 1.82) is 0 Å². The second-order valence-corrected chi connectivity index (χ2v) is 5.71. The lowest BCUT2D eigenvalue weighted by Gasteiger charge is -2.45. The van der Waals surface area contributed by atoms with Crippen LogP contribution < -0.4 is 0 Å². The third-order valence-electron chi connectivity index (χ3n) is 4.65. The first-order valence-electron chi connectivity index (χ1n) is 6.57. The summed E-state index contributed by atoms with van der Waals surface area (Å²) in [5.41, 5.74) is 0.574. The van der Waals surface area contributed by atoms with Gasteiger partial charge in [-0.3, -0.25) is 4.79 Å². The van der Waals surface area contributed by atoms with Crippen LogP contribution in [0.3, 0.4) is 0 Å². The van der Waals surface area contributed by atoms with Crippen molar-refractivity contribution >= 4 is 5.91 Å². The lowest BCUT2D eigenvalue weighted by atomic mass is 9.66. The van der Waals surface area contributed by atoms with E-state index in [-0.39, 0.29) is 5.91 Å². The molecule has 2 aliphatic rings. The molecule has 0 N–H and O–H groups in total. The maximum absolute atomic E-state index is 11.5. The van der Waals surface area contributed by atoms with Gasteiger partial charge in [-0.1, -0.05) is 26.3 Å². The third kappa shape index (κ3) is 2.31. The first-order valence-corrected chi connectivity index (χ1v) is 6.57. The van der Waals surface area contributed by atoms with Crippen LogP contribution in [0.25, 0.3) is 0 Å². The Labute approximate surface area is 98.7 Å². The normalized spacial score (nSPS) is 25.7. The first-order chi connectivity index (χ1) is 7.65. The second kappa shape index (κ2) is 4.60. The van der Waals surface area contributed by atoms with Gasteiger partial charge in [0.15, 0.2) is 0 Å². The fourth-order valence-corrected chi connectivity index (χ4v) is 3.21. The lowest BCUT2D eigenvalue weighted by molar-refractivity contribution is -0.128. The second-order valence-electron chi connectivity index (χ2n) is 5.71. The van der Waals surface area contributed by atoms with Gasteiger partial charge in [0.25, 0.3) is 0 Å². The highest BCUT2D eigenvalue weighted by atomic mass is 16.2. The van der Waals surface area contributed by atoms with E-state index in [1.807, 2.05) is 4.90 Å². The number of carbonyl (C=O) groups is 1. The Kier molecular flexibility index (Phi) is 3.36. The van der Waals surface area contributed by atoms with Gasteiger partial charge in [0.2, 0.25) is 5.91 Å². The van der Waals surface area contributed by atoms with Crippen molar-refractivity contribution < 1.29 is 4.79 Å². The van der Waals surface area contributed by atoms with Crippen molar-refractivity contribution in [2.75, 3.05) is 13.1 Å². The molecule has 1 saturated heterocycles. The molecule has 2 rings (SSSR count). The standard InChI is InChI=1S/C14H23NO/c1-3-13(16)15-10-8-14(9-11-15)6-4-12(2)5-7-14/h3,12H,1,4-11H2,2H3. The van der Waals surface area contributed by atoms with Crippen molar-refractivity contribution in [2.24, 2.45) is 11.3 Å². The van der Waals surface area contributed by atoms with Crippen LogP contribution in [-0.2, 0) is 4.79 Å². The maximum atomic E-state index is 11.5. The average molecular weight is 221 g/mol. The number of rotatable bonds is 1. The summed E-state index contributed by atoms with van der Waals surface area (Å²) in [5, 5.41) is 0. The van der Waals surface area contributed by atoms with Crippen molar-refractivity contribution in [1.82, 2.24) is 4.90 Å². The van der Waals surface area contributed by atoms with E-state index in [2.05, 4.69) is 13.5 Å². The summed E-state index contributed by atoms with van der Waals surface area (Å²) in [6.07, 6.45) is 9.39. The number of hydrogen-bond donors (Lipinski definition) is 0. The first kappa shape index (κ1) is 11.7. The van der Waals surface area contributed by atoms with Crippen LogP contribution in [0.4, 0.5) is 0 Å². The number of amides is 1. The molecule has 1 spiro atoms. The molecule has 1 saturated carbocycles. The molecule has 1 aliphatic heterocycles. The summed E-state index contributed by atoms with van der Waals surface area (Å²) in [6, 6.07) is 0. The van der Waals surface area contributed by atoms with Gasteiger partial charge in [0.05, 0.1) is 0 Å². The summed E-state index contributed by atoms with van der Waals surface area (Å²) in [5.74, 6) is 1.03. The van der Waals surface area contributed by atoms with Crippen molar-refractivity contribution in [3.63, 3.8) is 0 Å². The largest absolute Gasteiger partial charge is 0.339 e. The van der Waals surface area contributed by atoms with E-state index in [0.717, 1.165) is 19.0 Å². The van der Waals surface area contributed by atoms with Gasteiger partial charge < -0.3 is 4.90 Å². The Bertz CT molecular complexity index is 266. The van der Waals surface area contributed by atoms with E-state index >= 15 is 0 Å². The highest BCUT2D eigenvalue weighted by molar-refractivity contribution is 5.87. The minimum absolute atomic E-state index is 0.110. The molecule has 16 heavy (non-hydrogen) atoms. The summed E-state index contributed by atoms with van der Waals surface area (Å²) >= 11 is 0. The third-order valence-corrected chi connectivity index (χ3v) is 4.65. The molecule has 1 aliphatic carbocycles. The molecule has 1 amide bonds. The maximum Gasteiger partial charge on any atom is 0.245 e. The van der Waals surface area contributed by atoms with E-state index in [9.17, 15) is 4.79 Å². The predicted molar refractivity (Wildman–Crippen MR) is 66.1 cm³/mol. The van der Waals surface area contributed by atoms with Crippen LogP contribution in [0.2, 0.25) is 0 Å². The minimum atomic E-state index is 0.110. The van der Waals surface area contributed by atoms with Crippen LogP contribution in [0, 0.1) is 11.3 Å². The highest BCUT2D eigenvalue weighted by Gasteiger charge is 2.37. The molecule has 0 aromatic rings. The molecular formula is C14H23NO. The fraction of sp³-hybridized carbons (Fsp3) is 0.786. The Balaban J connectivity index is 1.89. The van der Waals surface area contributed by atoms with Gasteiger partial charge in [0.1, 0.15) is 0 Å². The molecule has 2 heteroatoms. The van der Waals surface area contributed by atoms with E-state index in [1.54, 1.807) is 0 Å². The van der Waals surface area contributed by atoms with Crippen molar-refractivity contribution in [3.05, 3.63) is 12.7 Å². The van der Waals surface area contributed by atoms with Gasteiger partial charge >= 0.3 is 0 Å². The summed E-state index contributed by atoms with van der Waals surface area (Å²) in [6.45, 7) is 7.81. The molecule has 0 radical (unpaired) electrons. The van der Waals surface area contributed by atoms with E-state index < -0.39 is 0 Å². The van der Waals surface area contributed by atoms with Gasteiger partial charge in [-0.2, -0.15) is 0 Å². The topological polar surface area (TPSA) is 20.3 Å². The van der Waals surface area contributed by atoms with Crippen LogP contribution in [0.15, 0.2) is 12.7 Å². The van der Waals surface area contributed by atoms with Gasteiger partial charge in [-0.25, -0.2) is 0 Å². The van der Waals surface area contributed by atoms with Gasteiger partial charge in [0, 0.05) is 13.1 Å². The highest BCUT2D eigenvalue weighted by Crippen LogP contribution is 2.46. The molecule has 90 valence electrons. The predicted octanol–water partition coefficient (Wildman–Crippen LogP) is 2.99. The van der Waals surface area contributed by atoms with Gasteiger partial charge in [-0.15, -0.1) is 0 Å². The van der Waals surface area contributed by atoms with Crippen molar-refractivity contribution in [3.8, 4) is 0 Å². The quantitative estimate of drug-likeness (QED) is 0.623. The number of piperidine rings is 1. The van der Waals surface area contributed by atoms with Crippen LogP contribution >= 0.6 is 0 Å². The molecule has 0 atom stereocenters. The zero-order valence-electron chi connectivity index (χ0n) is 10.4. The molecule has 2 nitrogen and oxygen atoms in total.